The summed E-state index contributed by atoms with van der Waals surface area (Å²) in [5, 5.41) is 19.4. The van der Waals surface area contributed by atoms with Gasteiger partial charge >= 0.3 is 5.97 Å². The van der Waals surface area contributed by atoms with E-state index >= 15 is 0 Å². The lowest BCUT2D eigenvalue weighted by Crippen LogP contribution is -2.11. The standard InChI is InChI=1S/C28H21N5O3/c34-27(33-22-8-6-20(7-9-22)31-23-11-14-29-15-12-23)18-1-4-21(5-2-18)32-26-13-16-30-25-10-3-19(28(35)36)17-24(25)26/h1-17H,(H,29,31)(H,30,32)(H,33,34)(H,35,36). The van der Waals surface area contributed by atoms with E-state index in [-0.39, 0.29) is 11.5 Å². The van der Waals surface area contributed by atoms with Crippen molar-refractivity contribution in [1.82, 2.24) is 9.97 Å². The summed E-state index contributed by atoms with van der Waals surface area (Å²) in [6.07, 6.45) is 5.09. The van der Waals surface area contributed by atoms with E-state index in [2.05, 4.69) is 25.9 Å². The van der Waals surface area contributed by atoms with Crippen LogP contribution in [-0.2, 0) is 0 Å². The lowest BCUT2D eigenvalue weighted by molar-refractivity contribution is 0.0697. The van der Waals surface area contributed by atoms with Gasteiger partial charge in [-0.3, -0.25) is 14.8 Å². The number of anilines is 5. The van der Waals surface area contributed by atoms with E-state index in [4.69, 9.17) is 0 Å². The molecule has 0 spiro atoms. The van der Waals surface area contributed by atoms with Gasteiger partial charge < -0.3 is 21.1 Å². The van der Waals surface area contributed by atoms with Gasteiger partial charge in [0.1, 0.15) is 0 Å². The fraction of sp³-hybridized carbons (Fsp3) is 0. The third-order valence-electron chi connectivity index (χ3n) is 5.53. The first-order valence-corrected chi connectivity index (χ1v) is 11.1. The van der Waals surface area contributed by atoms with Crippen LogP contribution >= 0.6 is 0 Å². The molecule has 1 amide bonds. The number of aromatic nitrogens is 2. The van der Waals surface area contributed by atoms with Gasteiger partial charge in [0, 0.05) is 58.0 Å². The molecule has 8 nitrogen and oxygen atoms in total. The molecule has 8 heteroatoms. The first kappa shape index (κ1) is 22.5. The highest BCUT2D eigenvalue weighted by atomic mass is 16.4. The van der Waals surface area contributed by atoms with E-state index in [1.807, 2.05) is 36.4 Å². The molecule has 2 aromatic heterocycles. The maximum absolute atomic E-state index is 12.7. The SMILES string of the molecule is O=C(O)c1ccc2nccc(Nc3ccc(C(=O)Nc4ccc(Nc5ccncc5)cc4)cc3)c2c1. The number of nitrogens with zero attached hydrogens (tertiary/aromatic N) is 2. The molecule has 0 fully saturated rings. The van der Waals surface area contributed by atoms with Crippen LogP contribution in [0.3, 0.4) is 0 Å². The monoisotopic (exact) mass is 475 g/mol. The molecule has 0 radical (unpaired) electrons. The highest BCUT2D eigenvalue weighted by Crippen LogP contribution is 2.26. The second kappa shape index (κ2) is 9.94. The summed E-state index contributed by atoms with van der Waals surface area (Å²) >= 11 is 0. The number of fused-ring (bicyclic) bond motifs is 1. The van der Waals surface area contributed by atoms with Gasteiger partial charge in [0.25, 0.3) is 5.91 Å². The summed E-state index contributed by atoms with van der Waals surface area (Å²) in [5.41, 5.74) is 5.36. The molecular formula is C28H21N5O3. The normalized spacial score (nSPS) is 10.6. The molecule has 3 aromatic carbocycles. The van der Waals surface area contributed by atoms with Gasteiger partial charge in [-0.1, -0.05) is 0 Å². The zero-order valence-corrected chi connectivity index (χ0v) is 19.0. The number of carbonyl (C=O) groups excluding carboxylic acids is 1. The largest absolute Gasteiger partial charge is 0.478 e. The Bertz CT molecular complexity index is 1540. The zero-order valence-electron chi connectivity index (χ0n) is 19.0. The number of pyridine rings is 2. The van der Waals surface area contributed by atoms with Crippen LogP contribution in [0.2, 0.25) is 0 Å². The van der Waals surface area contributed by atoms with Crippen molar-refractivity contribution in [1.29, 1.82) is 0 Å². The van der Waals surface area contributed by atoms with Crippen molar-refractivity contribution in [3.8, 4) is 0 Å². The quantitative estimate of drug-likeness (QED) is 0.226. The number of carboxylic acid groups (broad SMARTS) is 1. The molecule has 5 aromatic rings. The van der Waals surface area contributed by atoms with Crippen molar-refractivity contribution < 1.29 is 14.7 Å². The van der Waals surface area contributed by atoms with Crippen LogP contribution in [0.1, 0.15) is 20.7 Å². The number of carboxylic acids is 1. The van der Waals surface area contributed by atoms with Gasteiger partial charge in [-0.15, -0.1) is 0 Å². The summed E-state index contributed by atoms with van der Waals surface area (Å²) in [6.45, 7) is 0. The molecule has 0 atom stereocenters. The van der Waals surface area contributed by atoms with Crippen LogP contribution in [0.4, 0.5) is 28.4 Å². The Morgan fingerprint density at radius 1 is 0.639 bits per heavy atom. The zero-order chi connectivity index (χ0) is 24.9. The first-order chi connectivity index (χ1) is 17.5. The van der Waals surface area contributed by atoms with Crippen molar-refractivity contribution in [2.45, 2.75) is 0 Å². The van der Waals surface area contributed by atoms with Crippen molar-refractivity contribution in [2.24, 2.45) is 0 Å². The molecule has 5 rings (SSSR count). The summed E-state index contributed by atoms with van der Waals surface area (Å²) in [4.78, 5) is 32.4. The highest BCUT2D eigenvalue weighted by molar-refractivity contribution is 6.04. The average molecular weight is 476 g/mol. The molecule has 4 N–H and O–H groups in total. The maximum Gasteiger partial charge on any atom is 0.335 e. The Kier molecular flexibility index (Phi) is 6.23. The summed E-state index contributed by atoms with van der Waals surface area (Å²) < 4.78 is 0. The number of nitrogens with one attached hydrogen (secondary N) is 3. The predicted molar refractivity (Wildman–Crippen MR) is 140 cm³/mol. The van der Waals surface area contributed by atoms with Crippen LogP contribution in [0, 0.1) is 0 Å². The van der Waals surface area contributed by atoms with E-state index in [1.54, 1.807) is 61.1 Å². The molecule has 0 saturated heterocycles. The molecule has 0 aliphatic rings. The fourth-order valence-corrected chi connectivity index (χ4v) is 3.69. The highest BCUT2D eigenvalue weighted by Gasteiger charge is 2.10. The lowest BCUT2D eigenvalue weighted by Gasteiger charge is -2.11. The number of amides is 1. The van der Waals surface area contributed by atoms with Gasteiger partial charge in [-0.2, -0.15) is 0 Å². The minimum absolute atomic E-state index is 0.187. The van der Waals surface area contributed by atoms with E-state index in [9.17, 15) is 14.7 Å². The molecule has 0 saturated carbocycles. The van der Waals surface area contributed by atoms with Gasteiger partial charge in [0.05, 0.1) is 11.1 Å². The number of hydrogen-bond donors (Lipinski definition) is 4. The van der Waals surface area contributed by atoms with E-state index in [0.717, 1.165) is 22.7 Å². The van der Waals surface area contributed by atoms with Crippen LogP contribution < -0.4 is 16.0 Å². The molecule has 0 aliphatic heterocycles. The van der Waals surface area contributed by atoms with Gasteiger partial charge in [-0.25, -0.2) is 4.79 Å². The molecule has 176 valence electrons. The number of rotatable bonds is 7. The minimum atomic E-state index is -0.998. The lowest BCUT2D eigenvalue weighted by atomic mass is 10.1. The number of aromatic carboxylic acids is 1. The molecule has 0 unspecified atom stereocenters. The maximum atomic E-state index is 12.7. The first-order valence-electron chi connectivity index (χ1n) is 11.1. The third kappa shape index (κ3) is 5.13. The Hall–Kier alpha value is -5.24. The Morgan fingerprint density at radius 2 is 1.25 bits per heavy atom. The van der Waals surface area contributed by atoms with Crippen molar-refractivity contribution >= 4 is 51.2 Å². The smallest absolute Gasteiger partial charge is 0.335 e. The van der Waals surface area contributed by atoms with Crippen molar-refractivity contribution in [3.63, 3.8) is 0 Å². The average Bonchev–Trinajstić information content (AvgIpc) is 2.91. The van der Waals surface area contributed by atoms with Crippen LogP contribution in [0.25, 0.3) is 10.9 Å². The van der Waals surface area contributed by atoms with Gasteiger partial charge in [0.2, 0.25) is 0 Å². The Morgan fingerprint density at radius 3 is 1.97 bits per heavy atom. The third-order valence-corrected chi connectivity index (χ3v) is 5.53. The number of benzene rings is 3. The second-order valence-electron chi connectivity index (χ2n) is 7.99. The topological polar surface area (TPSA) is 116 Å². The van der Waals surface area contributed by atoms with Gasteiger partial charge in [0.15, 0.2) is 0 Å². The van der Waals surface area contributed by atoms with Crippen LogP contribution in [-0.4, -0.2) is 27.0 Å². The van der Waals surface area contributed by atoms with E-state index in [1.165, 1.54) is 6.07 Å². The second-order valence-corrected chi connectivity index (χ2v) is 7.99. The van der Waals surface area contributed by atoms with E-state index < -0.39 is 5.97 Å². The minimum Gasteiger partial charge on any atom is -0.478 e. The van der Waals surface area contributed by atoms with E-state index in [0.29, 0.717) is 22.2 Å². The molecule has 2 heterocycles. The molecular weight excluding hydrogens is 454 g/mol. The summed E-state index contributed by atoms with van der Waals surface area (Å²) in [7, 11) is 0. The summed E-state index contributed by atoms with van der Waals surface area (Å²) in [5.74, 6) is -1.22. The molecule has 0 aliphatic carbocycles. The Balaban J connectivity index is 1.25. The van der Waals surface area contributed by atoms with Crippen molar-refractivity contribution in [2.75, 3.05) is 16.0 Å². The molecule has 0 bridgehead atoms. The Labute approximate surface area is 206 Å². The predicted octanol–water partition coefficient (Wildman–Crippen LogP) is 6.07. The van der Waals surface area contributed by atoms with Crippen LogP contribution in [0.5, 0.6) is 0 Å². The number of hydrogen-bond acceptors (Lipinski definition) is 6. The van der Waals surface area contributed by atoms with Gasteiger partial charge in [-0.05, 0) is 84.9 Å². The molecule has 36 heavy (non-hydrogen) atoms. The number of carbonyl (C=O) groups is 2. The summed E-state index contributed by atoms with van der Waals surface area (Å²) in [6, 6.07) is 24.8. The fourth-order valence-electron chi connectivity index (χ4n) is 3.69. The van der Waals surface area contributed by atoms with Crippen molar-refractivity contribution in [3.05, 3.63) is 115 Å². The van der Waals surface area contributed by atoms with Crippen LogP contribution in [0.15, 0.2) is 104 Å².